The summed E-state index contributed by atoms with van der Waals surface area (Å²) in [7, 11) is 0. The van der Waals surface area contributed by atoms with Crippen molar-refractivity contribution in [2.45, 2.75) is 51.6 Å². The van der Waals surface area contributed by atoms with Crippen LogP contribution in [0.2, 0.25) is 0 Å². The summed E-state index contributed by atoms with van der Waals surface area (Å²) in [5.74, 6) is 0.0902. The molecule has 2 rings (SSSR count). The van der Waals surface area contributed by atoms with Crippen LogP contribution >= 0.6 is 0 Å². The normalized spacial score (nSPS) is 23.1. The number of nitrogens with zero attached hydrogens (tertiary/aromatic N) is 2. The molecular formula is C15H21N3O. The van der Waals surface area contributed by atoms with Crippen LogP contribution in [-0.2, 0) is 0 Å². The second kappa shape index (κ2) is 5.92. The second-order valence-corrected chi connectivity index (χ2v) is 5.58. The summed E-state index contributed by atoms with van der Waals surface area (Å²) >= 11 is 0. The van der Waals surface area contributed by atoms with Crippen molar-refractivity contribution in [3.8, 4) is 6.07 Å². The van der Waals surface area contributed by atoms with Gasteiger partial charge in [-0.1, -0.05) is 6.42 Å². The summed E-state index contributed by atoms with van der Waals surface area (Å²) in [5, 5.41) is 12.2. The van der Waals surface area contributed by atoms with Crippen molar-refractivity contribution in [3.63, 3.8) is 0 Å². The Morgan fingerprint density at radius 2 is 2.26 bits per heavy atom. The maximum absolute atomic E-state index is 12.4. The minimum atomic E-state index is 0.0276. The first-order valence-corrected chi connectivity index (χ1v) is 6.99. The van der Waals surface area contributed by atoms with Gasteiger partial charge >= 0.3 is 0 Å². The van der Waals surface area contributed by atoms with Crippen molar-refractivity contribution in [1.82, 2.24) is 4.57 Å². The highest BCUT2D eigenvalue weighted by atomic mass is 16.1. The van der Waals surface area contributed by atoms with Crippen LogP contribution in [0, 0.1) is 17.2 Å². The molecule has 1 heterocycles. The van der Waals surface area contributed by atoms with Crippen molar-refractivity contribution in [1.29, 1.82) is 5.26 Å². The average molecular weight is 259 g/mol. The minimum Gasteiger partial charge on any atom is -0.378 e. The third kappa shape index (κ3) is 3.17. The van der Waals surface area contributed by atoms with Crippen molar-refractivity contribution in [3.05, 3.63) is 28.7 Å². The first-order chi connectivity index (χ1) is 9.11. The Kier molecular flexibility index (Phi) is 4.26. The van der Waals surface area contributed by atoms with E-state index in [1.807, 2.05) is 32.2 Å². The molecule has 2 atom stereocenters. The fourth-order valence-electron chi connectivity index (χ4n) is 2.75. The Bertz CT molecular complexity index is 527. The summed E-state index contributed by atoms with van der Waals surface area (Å²) in [5.41, 5.74) is 0.677. The zero-order chi connectivity index (χ0) is 13.8. The van der Waals surface area contributed by atoms with E-state index in [2.05, 4.69) is 11.4 Å². The van der Waals surface area contributed by atoms with E-state index in [9.17, 15) is 4.79 Å². The maximum atomic E-state index is 12.4. The molecule has 1 saturated carbocycles. The standard InChI is InChI=1S/C15H21N3O/c1-11(2)17-14-7-4-8-18(15(14)19)13-6-3-5-12(9-13)10-16/h4,7-8,11-13,17H,3,5-6,9H2,1-2H3. The molecule has 0 saturated heterocycles. The van der Waals surface area contributed by atoms with Crippen molar-refractivity contribution in [2.75, 3.05) is 5.32 Å². The molecule has 1 aromatic heterocycles. The molecule has 0 bridgehead atoms. The molecule has 1 aliphatic rings. The van der Waals surface area contributed by atoms with Gasteiger partial charge in [0.15, 0.2) is 0 Å². The van der Waals surface area contributed by atoms with Gasteiger partial charge in [-0.15, -0.1) is 0 Å². The summed E-state index contributed by atoms with van der Waals surface area (Å²) in [4.78, 5) is 12.4. The van der Waals surface area contributed by atoms with Gasteiger partial charge in [-0.25, -0.2) is 0 Å². The molecular weight excluding hydrogens is 238 g/mol. The monoisotopic (exact) mass is 259 g/mol. The fourth-order valence-corrected chi connectivity index (χ4v) is 2.75. The summed E-state index contributed by atoms with van der Waals surface area (Å²) < 4.78 is 1.80. The lowest BCUT2D eigenvalue weighted by molar-refractivity contribution is 0.303. The van der Waals surface area contributed by atoms with E-state index < -0.39 is 0 Å². The second-order valence-electron chi connectivity index (χ2n) is 5.58. The lowest BCUT2D eigenvalue weighted by Gasteiger charge is -2.27. The van der Waals surface area contributed by atoms with Crippen LogP contribution in [0.1, 0.15) is 45.6 Å². The highest BCUT2D eigenvalue weighted by molar-refractivity contribution is 5.41. The Balaban J connectivity index is 2.25. The van der Waals surface area contributed by atoms with E-state index >= 15 is 0 Å². The third-order valence-electron chi connectivity index (χ3n) is 3.64. The first kappa shape index (κ1) is 13.7. The van der Waals surface area contributed by atoms with E-state index in [1.54, 1.807) is 4.57 Å². The van der Waals surface area contributed by atoms with Crippen LogP contribution in [0.4, 0.5) is 5.69 Å². The smallest absolute Gasteiger partial charge is 0.274 e. The molecule has 102 valence electrons. The van der Waals surface area contributed by atoms with Gasteiger partial charge in [-0.2, -0.15) is 5.26 Å². The van der Waals surface area contributed by atoms with Gasteiger partial charge in [-0.05, 0) is 45.2 Å². The van der Waals surface area contributed by atoms with Gasteiger partial charge in [0.25, 0.3) is 5.56 Å². The number of hydrogen-bond acceptors (Lipinski definition) is 3. The maximum Gasteiger partial charge on any atom is 0.274 e. The minimum absolute atomic E-state index is 0.0276. The van der Waals surface area contributed by atoms with Gasteiger partial charge in [-0.3, -0.25) is 4.79 Å². The Morgan fingerprint density at radius 1 is 1.47 bits per heavy atom. The van der Waals surface area contributed by atoms with Crippen LogP contribution in [0.5, 0.6) is 0 Å². The van der Waals surface area contributed by atoms with E-state index in [0.717, 1.165) is 25.7 Å². The molecule has 19 heavy (non-hydrogen) atoms. The number of rotatable bonds is 3. The van der Waals surface area contributed by atoms with E-state index in [0.29, 0.717) is 5.69 Å². The molecule has 2 unspecified atom stereocenters. The number of pyridine rings is 1. The predicted octanol–water partition coefficient (Wildman–Crippen LogP) is 2.92. The molecule has 0 spiro atoms. The highest BCUT2D eigenvalue weighted by Crippen LogP contribution is 2.31. The number of anilines is 1. The van der Waals surface area contributed by atoms with Crippen molar-refractivity contribution >= 4 is 5.69 Å². The Hall–Kier alpha value is -1.76. The molecule has 0 amide bonds. The molecule has 4 heteroatoms. The Labute approximate surface area is 114 Å². The van der Waals surface area contributed by atoms with Crippen LogP contribution in [0.25, 0.3) is 0 Å². The number of aromatic nitrogens is 1. The van der Waals surface area contributed by atoms with Gasteiger partial charge in [0.2, 0.25) is 0 Å². The van der Waals surface area contributed by atoms with Crippen LogP contribution in [0.15, 0.2) is 23.1 Å². The molecule has 4 nitrogen and oxygen atoms in total. The Morgan fingerprint density at radius 3 is 2.95 bits per heavy atom. The number of hydrogen-bond donors (Lipinski definition) is 1. The van der Waals surface area contributed by atoms with E-state index in [1.165, 1.54) is 0 Å². The summed E-state index contributed by atoms with van der Waals surface area (Å²) in [6, 6.07) is 6.47. The average Bonchev–Trinajstić information content (AvgIpc) is 2.41. The highest BCUT2D eigenvalue weighted by Gasteiger charge is 2.24. The largest absolute Gasteiger partial charge is 0.378 e. The van der Waals surface area contributed by atoms with Crippen molar-refractivity contribution < 1.29 is 0 Å². The number of nitriles is 1. The van der Waals surface area contributed by atoms with Crippen LogP contribution < -0.4 is 10.9 Å². The van der Waals surface area contributed by atoms with Gasteiger partial charge < -0.3 is 9.88 Å². The van der Waals surface area contributed by atoms with Crippen molar-refractivity contribution in [2.24, 2.45) is 5.92 Å². The molecule has 0 aromatic carbocycles. The lowest BCUT2D eigenvalue weighted by Crippen LogP contribution is -2.30. The number of nitrogens with one attached hydrogen (secondary N) is 1. The molecule has 1 aliphatic carbocycles. The zero-order valence-corrected chi connectivity index (χ0v) is 11.6. The molecule has 1 fully saturated rings. The SMILES string of the molecule is CC(C)Nc1cccn(C2CCCC(C#N)C2)c1=O. The lowest BCUT2D eigenvalue weighted by atomic mass is 9.86. The molecule has 0 radical (unpaired) electrons. The predicted molar refractivity (Wildman–Crippen MR) is 76.1 cm³/mol. The van der Waals surface area contributed by atoms with Gasteiger partial charge in [0.05, 0.1) is 6.07 Å². The zero-order valence-electron chi connectivity index (χ0n) is 11.6. The fraction of sp³-hybridized carbons (Fsp3) is 0.600. The van der Waals surface area contributed by atoms with Crippen LogP contribution in [-0.4, -0.2) is 10.6 Å². The van der Waals surface area contributed by atoms with Crippen LogP contribution in [0.3, 0.4) is 0 Å². The molecule has 0 aliphatic heterocycles. The summed E-state index contributed by atoms with van der Waals surface area (Å²) in [6.45, 7) is 4.03. The topological polar surface area (TPSA) is 57.8 Å². The quantitative estimate of drug-likeness (QED) is 0.908. The molecule has 1 N–H and O–H groups in total. The van der Waals surface area contributed by atoms with Gasteiger partial charge in [0.1, 0.15) is 5.69 Å². The molecule has 1 aromatic rings. The van der Waals surface area contributed by atoms with E-state index in [4.69, 9.17) is 5.26 Å². The first-order valence-electron chi connectivity index (χ1n) is 6.99. The van der Waals surface area contributed by atoms with E-state index in [-0.39, 0.29) is 23.6 Å². The summed E-state index contributed by atoms with van der Waals surface area (Å²) in [6.07, 6.45) is 5.62. The van der Waals surface area contributed by atoms with Gasteiger partial charge in [0, 0.05) is 24.2 Å². The third-order valence-corrected chi connectivity index (χ3v) is 3.64.